The molecule has 106 valence electrons. The van der Waals surface area contributed by atoms with E-state index in [9.17, 15) is 4.79 Å². The number of ether oxygens (including phenoxy) is 2. The van der Waals surface area contributed by atoms with Gasteiger partial charge in [-0.25, -0.2) is 5.48 Å². The molecule has 0 fully saturated rings. The predicted octanol–water partition coefficient (Wildman–Crippen LogP) is 1.87. The average Bonchev–Trinajstić information content (AvgIpc) is 2.43. The lowest BCUT2D eigenvalue weighted by atomic mass is 10.3. The Morgan fingerprint density at radius 2 is 2.00 bits per heavy atom. The molecule has 0 aliphatic heterocycles. The van der Waals surface area contributed by atoms with Gasteiger partial charge in [-0.15, -0.1) is 11.8 Å². The fourth-order valence-corrected chi connectivity index (χ4v) is 1.92. The first kappa shape index (κ1) is 15.8. The molecule has 6 heteroatoms. The van der Waals surface area contributed by atoms with Gasteiger partial charge in [-0.1, -0.05) is 0 Å². The van der Waals surface area contributed by atoms with Crippen LogP contribution < -0.4 is 10.2 Å². The van der Waals surface area contributed by atoms with Gasteiger partial charge in [0.2, 0.25) is 0 Å². The maximum atomic E-state index is 11.4. The third-order valence-electron chi connectivity index (χ3n) is 2.08. The Bertz CT molecular complexity index is 369. The number of thioether (sulfide) groups is 1. The number of amides is 1. The Balaban J connectivity index is 2.22. The van der Waals surface area contributed by atoms with Crippen LogP contribution in [-0.4, -0.2) is 38.6 Å². The SMILES string of the molecule is CCOc1ccc(SCC(=O)NOCCOC)cc1. The maximum Gasteiger partial charge on any atom is 0.253 e. The van der Waals surface area contributed by atoms with Crippen LogP contribution in [0.4, 0.5) is 0 Å². The zero-order valence-electron chi connectivity index (χ0n) is 11.2. The summed E-state index contributed by atoms with van der Waals surface area (Å²) in [5.41, 5.74) is 2.35. The van der Waals surface area contributed by atoms with Crippen LogP contribution in [0.5, 0.6) is 5.75 Å². The number of benzene rings is 1. The molecule has 0 aliphatic carbocycles. The summed E-state index contributed by atoms with van der Waals surface area (Å²) in [4.78, 5) is 17.4. The summed E-state index contributed by atoms with van der Waals surface area (Å²) in [6, 6.07) is 7.63. The van der Waals surface area contributed by atoms with Gasteiger partial charge in [0.1, 0.15) is 5.75 Å². The molecule has 1 rings (SSSR count). The maximum absolute atomic E-state index is 11.4. The van der Waals surface area contributed by atoms with Crippen molar-refractivity contribution in [1.82, 2.24) is 5.48 Å². The van der Waals surface area contributed by atoms with Crippen molar-refractivity contribution in [2.75, 3.05) is 32.7 Å². The van der Waals surface area contributed by atoms with Gasteiger partial charge in [0.05, 0.1) is 25.6 Å². The molecular weight excluding hydrogens is 266 g/mol. The number of methoxy groups -OCH3 is 1. The predicted molar refractivity (Wildman–Crippen MR) is 74.3 cm³/mol. The van der Waals surface area contributed by atoms with Gasteiger partial charge in [-0.3, -0.25) is 9.63 Å². The molecule has 0 atom stereocenters. The van der Waals surface area contributed by atoms with Crippen molar-refractivity contribution < 1.29 is 19.1 Å². The lowest BCUT2D eigenvalue weighted by molar-refractivity contribution is -0.131. The minimum atomic E-state index is -0.171. The Morgan fingerprint density at radius 3 is 2.63 bits per heavy atom. The van der Waals surface area contributed by atoms with Gasteiger partial charge in [0, 0.05) is 12.0 Å². The first-order valence-corrected chi connectivity index (χ1v) is 7.00. The van der Waals surface area contributed by atoms with Crippen molar-refractivity contribution in [2.45, 2.75) is 11.8 Å². The standard InChI is InChI=1S/C13H19NO4S/c1-3-17-11-4-6-12(7-5-11)19-10-13(15)14-18-9-8-16-2/h4-7H,3,8-10H2,1-2H3,(H,14,15). The van der Waals surface area contributed by atoms with Gasteiger partial charge in [0.25, 0.3) is 5.91 Å². The van der Waals surface area contributed by atoms with Gasteiger partial charge < -0.3 is 9.47 Å². The van der Waals surface area contributed by atoms with E-state index in [2.05, 4.69) is 5.48 Å². The summed E-state index contributed by atoms with van der Waals surface area (Å²) >= 11 is 1.44. The Hall–Kier alpha value is -1.24. The normalized spacial score (nSPS) is 10.2. The molecule has 0 aliphatic rings. The van der Waals surface area contributed by atoms with Crippen LogP contribution in [0.3, 0.4) is 0 Å². The molecule has 0 spiro atoms. The lowest BCUT2D eigenvalue weighted by Crippen LogP contribution is -2.26. The van der Waals surface area contributed by atoms with Crippen molar-refractivity contribution >= 4 is 17.7 Å². The highest BCUT2D eigenvalue weighted by molar-refractivity contribution is 8.00. The summed E-state index contributed by atoms with van der Waals surface area (Å²) in [7, 11) is 1.58. The van der Waals surface area contributed by atoms with E-state index in [1.54, 1.807) is 7.11 Å². The highest BCUT2D eigenvalue weighted by Crippen LogP contribution is 2.21. The molecule has 0 unspecified atom stereocenters. The largest absolute Gasteiger partial charge is 0.494 e. The lowest BCUT2D eigenvalue weighted by Gasteiger charge is -2.06. The fourth-order valence-electron chi connectivity index (χ4n) is 1.23. The molecule has 0 bridgehead atoms. The highest BCUT2D eigenvalue weighted by atomic mass is 32.2. The Kier molecular flexibility index (Phi) is 8.04. The number of carbonyl (C=O) groups excluding carboxylic acids is 1. The van der Waals surface area contributed by atoms with Crippen LogP contribution in [0.1, 0.15) is 6.92 Å². The van der Waals surface area contributed by atoms with Gasteiger partial charge >= 0.3 is 0 Å². The van der Waals surface area contributed by atoms with Crippen LogP contribution in [0.15, 0.2) is 29.2 Å². The number of hydrogen-bond acceptors (Lipinski definition) is 5. The van der Waals surface area contributed by atoms with E-state index >= 15 is 0 Å². The Morgan fingerprint density at radius 1 is 1.26 bits per heavy atom. The number of nitrogens with one attached hydrogen (secondary N) is 1. The average molecular weight is 285 g/mol. The first-order valence-electron chi connectivity index (χ1n) is 6.01. The van der Waals surface area contributed by atoms with Crippen molar-refractivity contribution in [3.05, 3.63) is 24.3 Å². The zero-order valence-corrected chi connectivity index (χ0v) is 12.0. The van der Waals surface area contributed by atoms with E-state index < -0.39 is 0 Å². The van der Waals surface area contributed by atoms with Crippen LogP contribution in [0.2, 0.25) is 0 Å². The molecule has 1 aromatic rings. The van der Waals surface area contributed by atoms with Gasteiger partial charge in [0.15, 0.2) is 0 Å². The second-order valence-corrected chi connectivity index (χ2v) is 4.61. The molecule has 0 saturated heterocycles. The number of carbonyl (C=O) groups is 1. The minimum Gasteiger partial charge on any atom is -0.494 e. The molecule has 0 radical (unpaired) electrons. The number of hydroxylamine groups is 1. The Labute approximate surface area is 117 Å². The van der Waals surface area contributed by atoms with Gasteiger partial charge in [-0.2, -0.15) is 0 Å². The zero-order chi connectivity index (χ0) is 13.9. The van der Waals surface area contributed by atoms with Gasteiger partial charge in [-0.05, 0) is 31.2 Å². The molecular formula is C13H19NO4S. The van der Waals surface area contributed by atoms with Crippen molar-refractivity contribution in [1.29, 1.82) is 0 Å². The summed E-state index contributed by atoms with van der Waals surface area (Å²) in [5, 5.41) is 0. The third-order valence-corrected chi connectivity index (χ3v) is 3.09. The summed E-state index contributed by atoms with van der Waals surface area (Å²) in [6.07, 6.45) is 0. The van der Waals surface area contributed by atoms with E-state index in [-0.39, 0.29) is 5.91 Å². The second kappa shape index (κ2) is 9.66. The molecule has 5 nitrogen and oxygen atoms in total. The second-order valence-electron chi connectivity index (χ2n) is 3.56. The molecule has 1 aromatic carbocycles. The molecule has 0 heterocycles. The molecule has 1 amide bonds. The highest BCUT2D eigenvalue weighted by Gasteiger charge is 2.03. The van der Waals surface area contributed by atoms with Crippen LogP contribution in [0, 0.1) is 0 Å². The monoisotopic (exact) mass is 285 g/mol. The van der Waals surface area contributed by atoms with E-state index in [0.717, 1.165) is 10.6 Å². The third kappa shape index (κ3) is 7.05. The van der Waals surface area contributed by atoms with E-state index in [4.69, 9.17) is 14.3 Å². The van der Waals surface area contributed by atoms with E-state index in [1.807, 2.05) is 31.2 Å². The van der Waals surface area contributed by atoms with Crippen LogP contribution in [-0.2, 0) is 14.4 Å². The molecule has 1 N–H and O–H groups in total. The molecule has 19 heavy (non-hydrogen) atoms. The smallest absolute Gasteiger partial charge is 0.253 e. The fraction of sp³-hybridized carbons (Fsp3) is 0.462. The number of rotatable bonds is 9. The summed E-state index contributed by atoms with van der Waals surface area (Å²) in [5.74, 6) is 0.968. The topological polar surface area (TPSA) is 56.8 Å². The van der Waals surface area contributed by atoms with Crippen molar-refractivity contribution in [3.63, 3.8) is 0 Å². The first-order chi connectivity index (χ1) is 9.26. The quantitative estimate of drug-likeness (QED) is 0.426. The van der Waals surface area contributed by atoms with Crippen molar-refractivity contribution in [2.24, 2.45) is 0 Å². The van der Waals surface area contributed by atoms with E-state index in [1.165, 1.54) is 11.8 Å². The molecule has 0 saturated carbocycles. The molecule has 0 aromatic heterocycles. The van der Waals surface area contributed by atoms with E-state index in [0.29, 0.717) is 25.6 Å². The van der Waals surface area contributed by atoms with Crippen LogP contribution >= 0.6 is 11.8 Å². The minimum absolute atomic E-state index is 0.171. The summed E-state index contributed by atoms with van der Waals surface area (Å²) in [6.45, 7) is 3.38. The summed E-state index contributed by atoms with van der Waals surface area (Å²) < 4.78 is 10.1. The van der Waals surface area contributed by atoms with Crippen molar-refractivity contribution in [3.8, 4) is 5.75 Å². The number of hydrogen-bond donors (Lipinski definition) is 1. The van der Waals surface area contributed by atoms with Crippen LogP contribution in [0.25, 0.3) is 0 Å².